The van der Waals surface area contributed by atoms with E-state index in [1.165, 1.54) is 5.56 Å². The van der Waals surface area contributed by atoms with Gasteiger partial charge in [0.05, 0.1) is 0 Å². The fourth-order valence-corrected chi connectivity index (χ4v) is 2.52. The average molecular weight is 325 g/mol. The predicted octanol–water partition coefficient (Wildman–Crippen LogP) is 4.63. The zero-order chi connectivity index (χ0) is 17.5. The molecule has 0 atom stereocenters. The predicted molar refractivity (Wildman–Crippen MR) is 98.2 cm³/mol. The Hall–Kier alpha value is -2.29. The van der Waals surface area contributed by atoms with Crippen molar-refractivity contribution >= 4 is 5.91 Å². The van der Waals surface area contributed by atoms with Gasteiger partial charge in [0.15, 0.2) is 6.61 Å². The van der Waals surface area contributed by atoms with Gasteiger partial charge in [0.25, 0.3) is 5.91 Å². The van der Waals surface area contributed by atoms with Gasteiger partial charge in [0, 0.05) is 12.6 Å². The molecule has 0 saturated heterocycles. The van der Waals surface area contributed by atoms with Crippen molar-refractivity contribution in [3.8, 4) is 5.75 Å². The lowest BCUT2D eigenvalue weighted by atomic mass is 10.0. The number of hydrogen-bond acceptors (Lipinski definition) is 2. The van der Waals surface area contributed by atoms with Crippen molar-refractivity contribution in [2.75, 3.05) is 6.61 Å². The molecule has 2 rings (SSSR count). The van der Waals surface area contributed by atoms with Crippen LogP contribution in [0.25, 0.3) is 0 Å². The van der Waals surface area contributed by atoms with Crippen molar-refractivity contribution < 1.29 is 9.53 Å². The number of ether oxygens (including phenoxy) is 1. The molecular formula is C21H27NO2. The highest BCUT2D eigenvalue weighted by atomic mass is 16.5. The number of rotatable bonds is 7. The summed E-state index contributed by atoms with van der Waals surface area (Å²) in [5.74, 6) is 1.22. The summed E-state index contributed by atoms with van der Waals surface area (Å²) in [6.07, 6.45) is 0. The van der Waals surface area contributed by atoms with Crippen molar-refractivity contribution in [3.05, 3.63) is 65.7 Å². The van der Waals surface area contributed by atoms with Crippen molar-refractivity contribution in [1.82, 2.24) is 4.90 Å². The summed E-state index contributed by atoms with van der Waals surface area (Å²) in [4.78, 5) is 14.4. The third-order valence-corrected chi connectivity index (χ3v) is 4.05. The van der Waals surface area contributed by atoms with Crippen LogP contribution in [0, 0.1) is 0 Å². The van der Waals surface area contributed by atoms with Crippen molar-refractivity contribution in [3.63, 3.8) is 0 Å². The van der Waals surface area contributed by atoms with E-state index < -0.39 is 0 Å². The van der Waals surface area contributed by atoms with Gasteiger partial charge in [0.1, 0.15) is 5.75 Å². The molecule has 2 aromatic carbocycles. The molecule has 0 saturated carbocycles. The first kappa shape index (κ1) is 18.1. The van der Waals surface area contributed by atoms with E-state index >= 15 is 0 Å². The minimum atomic E-state index is 0.00166. The highest BCUT2D eigenvalue weighted by molar-refractivity contribution is 5.78. The van der Waals surface area contributed by atoms with E-state index in [-0.39, 0.29) is 18.6 Å². The average Bonchev–Trinajstić information content (AvgIpc) is 2.58. The van der Waals surface area contributed by atoms with Crippen LogP contribution in [0.5, 0.6) is 5.75 Å². The molecule has 0 N–H and O–H groups in total. The van der Waals surface area contributed by atoms with E-state index in [2.05, 4.69) is 26.0 Å². The Morgan fingerprint density at radius 2 is 1.58 bits per heavy atom. The number of nitrogens with zero attached hydrogens (tertiary/aromatic N) is 1. The van der Waals surface area contributed by atoms with Gasteiger partial charge in [-0.05, 0) is 43.0 Å². The zero-order valence-corrected chi connectivity index (χ0v) is 15.0. The molecule has 0 aromatic heterocycles. The smallest absolute Gasteiger partial charge is 0.261 e. The Morgan fingerprint density at radius 1 is 0.958 bits per heavy atom. The first-order chi connectivity index (χ1) is 11.5. The third kappa shape index (κ3) is 5.12. The van der Waals surface area contributed by atoms with Crippen LogP contribution in [0.1, 0.15) is 44.7 Å². The summed E-state index contributed by atoms with van der Waals surface area (Å²) < 4.78 is 5.68. The van der Waals surface area contributed by atoms with Gasteiger partial charge in [-0.2, -0.15) is 0 Å². The topological polar surface area (TPSA) is 29.5 Å². The lowest BCUT2D eigenvalue weighted by molar-refractivity contribution is -0.135. The van der Waals surface area contributed by atoms with Crippen LogP contribution in [-0.4, -0.2) is 23.5 Å². The summed E-state index contributed by atoms with van der Waals surface area (Å²) in [7, 11) is 0. The van der Waals surface area contributed by atoms with E-state index in [0.29, 0.717) is 12.5 Å². The summed E-state index contributed by atoms with van der Waals surface area (Å²) >= 11 is 0. The third-order valence-electron chi connectivity index (χ3n) is 4.05. The molecule has 0 radical (unpaired) electrons. The molecule has 0 aliphatic rings. The highest BCUT2D eigenvalue weighted by Crippen LogP contribution is 2.19. The highest BCUT2D eigenvalue weighted by Gasteiger charge is 2.17. The summed E-state index contributed by atoms with van der Waals surface area (Å²) in [5.41, 5.74) is 2.39. The normalized spacial score (nSPS) is 10.9. The monoisotopic (exact) mass is 325 g/mol. The molecule has 0 aliphatic heterocycles. The van der Waals surface area contributed by atoms with Crippen LogP contribution in [-0.2, 0) is 11.3 Å². The van der Waals surface area contributed by atoms with Gasteiger partial charge in [-0.3, -0.25) is 4.79 Å². The second kappa shape index (κ2) is 8.53. The quantitative estimate of drug-likeness (QED) is 0.743. The van der Waals surface area contributed by atoms with E-state index in [1.54, 1.807) is 0 Å². The van der Waals surface area contributed by atoms with Crippen LogP contribution in [0.3, 0.4) is 0 Å². The fourth-order valence-electron chi connectivity index (χ4n) is 2.52. The fraction of sp³-hybridized carbons (Fsp3) is 0.381. The summed E-state index contributed by atoms with van der Waals surface area (Å²) in [6.45, 7) is 9.03. The van der Waals surface area contributed by atoms with Crippen LogP contribution in [0.2, 0.25) is 0 Å². The minimum Gasteiger partial charge on any atom is -0.484 e. The van der Waals surface area contributed by atoms with E-state index in [4.69, 9.17) is 4.74 Å². The van der Waals surface area contributed by atoms with Gasteiger partial charge in [-0.25, -0.2) is 0 Å². The van der Waals surface area contributed by atoms with Gasteiger partial charge >= 0.3 is 0 Å². The standard InChI is InChI=1S/C21H27NO2/c1-16(2)19-10-12-20(13-11-19)24-15-21(23)22(17(3)4)14-18-8-6-5-7-9-18/h5-13,16-17H,14-15H2,1-4H3. The van der Waals surface area contributed by atoms with Gasteiger partial charge < -0.3 is 9.64 Å². The minimum absolute atomic E-state index is 0.00166. The Kier molecular flexibility index (Phi) is 6.42. The van der Waals surface area contributed by atoms with Crippen molar-refractivity contribution in [1.29, 1.82) is 0 Å². The van der Waals surface area contributed by atoms with Gasteiger partial charge in [-0.1, -0.05) is 56.3 Å². The molecule has 0 aliphatic carbocycles. The van der Waals surface area contributed by atoms with Crippen molar-refractivity contribution in [2.45, 2.75) is 46.2 Å². The maximum atomic E-state index is 12.5. The van der Waals surface area contributed by atoms with Crippen LogP contribution in [0.15, 0.2) is 54.6 Å². The summed E-state index contributed by atoms with van der Waals surface area (Å²) in [6, 6.07) is 18.1. The molecule has 3 nitrogen and oxygen atoms in total. The second-order valence-corrected chi connectivity index (χ2v) is 6.61. The number of amides is 1. The number of carbonyl (C=O) groups excluding carboxylic acids is 1. The molecule has 0 bridgehead atoms. The number of hydrogen-bond donors (Lipinski definition) is 0. The number of carbonyl (C=O) groups is 1. The largest absolute Gasteiger partial charge is 0.484 e. The van der Waals surface area contributed by atoms with E-state index in [1.807, 2.05) is 61.2 Å². The molecule has 0 fully saturated rings. The Bertz CT molecular complexity index is 633. The molecule has 0 heterocycles. The van der Waals surface area contributed by atoms with Crippen LogP contribution in [0.4, 0.5) is 0 Å². The lowest BCUT2D eigenvalue weighted by Gasteiger charge is -2.27. The maximum Gasteiger partial charge on any atom is 0.261 e. The van der Waals surface area contributed by atoms with E-state index in [9.17, 15) is 4.79 Å². The molecule has 2 aromatic rings. The zero-order valence-electron chi connectivity index (χ0n) is 15.0. The number of benzene rings is 2. The second-order valence-electron chi connectivity index (χ2n) is 6.61. The Balaban J connectivity index is 1.95. The molecule has 1 amide bonds. The van der Waals surface area contributed by atoms with Crippen LogP contribution >= 0.6 is 0 Å². The Labute approximate surface area is 145 Å². The maximum absolute atomic E-state index is 12.5. The lowest BCUT2D eigenvalue weighted by Crippen LogP contribution is -2.39. The van der Waals surface area contributed by atoms with Crippen molar-refractivity contribution in [2.24, 2.45) is 0 Å². The molecule has 0 spiro atoms. The van der Waals surface area contributed by atoms with Gasteiger partial charge in [0.2, 0.25) is 0 Å². The first-order valence-corrected chi connectivity index (χ1v) is 8.53. The molecule has 24 heavy (non-hydrogen) atoms. The molecule has 0 unspecified atom stereocenters. The molecular weight excluding hydrogens is 298 g/mol. The molecule has 128 valence electrons. The summed E-state index contributed by atoms with van der Waals surface area (Å²) in [5, 5.41) is 0. The van der Waals surface area contributed by atoms with E-state index in [0.717, 1.165) is 11.3 Å². The molecule has 3 heteroatoms. The SMILES string of the molecule is CC(C)c1ccc(OCC(=O)N(Cc2ccccc2)C(C)C)cc1. The van der Waals surface area contributed by atoms with Crippen LogP contribution < -0.4 is 4.74 Å². The Morgan fingerprint density at radius 3 is 2.12 bits per heavy atom. The van der Waals surface area contributed by atoms with Gasteiger partial charge in [-0.15, -0.1) is 0 Å². The first-order valence-electron chi connectivity index (χ1n) is 8.53.